The van der Waals surface area contributed by atoms with Crippen LogP contribution in [0.25, 0.3) is 0 Å². The molecular weight excluding hydrogens is 272 g/mol. The molecule has 0 amide bonds. The summed E-state index contributed by atoms with van der Waals surface area (Å²) in [5.41, 5.74) is 2.35. The first-order valence-corrected chi connectivity index (χ1v) is 7.58. The van der Waals surface area contributed by atoms with Crippen LogP contribution in [0.1, 0.15) is 11.1 Å². The van der Waals surface area contributed by atoms with Crippen LogP contribution < -0.4 is 0 Å². The third-order valence-electron chi connectivity index (χ3n) is 3.61. The lowest BCUT2D eigenvalue weighted by Crippen LogP contribution is -2.29. The molecule has 2 heteroatoms. The van der Waals surface area contributed by atoms with Gasteiger partial charge in [-0.15, -0.1) is 0 Å². The highest BCUT2D eigenvalue weighted by Crippen LogP contribution is 2.16. The van der Waals surface area contributed by atoms with Gasteiger partial charge in [0.2, 0.25) is 0 Å². The number of allylic oxidation sites excluding steroid dienone is 2. The van der Waals surface area contributed by atoms with Gasteiger partial charge in [-0.25, -0.2) is 0 Å². The monoisotopic (exact) mass is 292 g/mol. The predicted octanol–water partition coefficient (Wildman–Crippen LogP) is 4.28. The van der Waals surface area contributed by atoms with E-state index < -0.39 is 0 Å². The molecule has 0 heterocycles. The highest BCUT2D eigenvalue weighted by atomic mass is 16.5. The molecule has 0 radical (unpaired) electrons. The van der Waals surface area contributed by atoms with E-state index in [0.717, 1.165) is 0 Å². The first-order chi connectivity index (χ1) is 10.9. The Morgan fingerprint density at radius 3 is 1.41 bits per heavy atom. The number of rotatable bonds is 6. The van der Waals surface area contributed by atoms with Crippen molar-refractivity contribution >= 4 is 0 Å². The Morgan fingerprint density at radius 2 is 1.00 bits per heavy atom. The fourth-order valence-corrected chi connectivity index (χ4v) is 2.40. The van der Waals surface area contributed by atoms with E-state index in [1.807, 2.05) is 48.6 Å². The Hall–Kier alpha value is -2.16. The average Bonchev–Trinajstić information content (AvgIpc) is 2.61. The van der Waals surface area contributed by atoms with E-state index in [4.69, 9.17) is 9.47 Å². The van der Waals surface area contributed by atoms with Crippen molar-refractivity contribution in [2.24, 2.45) is 0 Å². The van der Waals surface area contributed by atoms with Crippen molar-refractivity contribution in [1.82, 2.24) is 0 Å². The van der Waals surface area contributed by atoms with Crippen molar-refractivity contribution in [2.75, 3.05) is 0 Å². The highest BCUT2D eigenvalue weighted by Gasteiger charge is 2.20. The largest absolute Gasteiger partial charge is 0.366 e. The molecule has 2 nitrogen and oxygen atoms in total. The first-order valence-electron chi connectivity index (χ1n) is 7.58. The van der Waals surface area contributed by atoms with Crippen molar-refractivity contribution in [3.8, 4) is 0 Å². The summed E-state index contributed by atoms with van der Waals surface area (Å²) in [6, 6.07) is 20.4. The van der Waals surface area contributed by atoms with E-state index in [-0.39, 0.29) is 12.2 Å². The molecule has 1 aliphatic carbocycles. The summed E-state index contributed by atoms with van der Waals surface area (Å²) in [5, 5.41) is 0. The van der Waals surface area contributed by atoms with Gasteiger partial charge in [0.25, 0.3) is 0 Å². The summed E-state index contributed by atoms with van der Waals surface area (Å²) in [7, 11) is 0. The van der Waals surface area contributed by atoms with Gasteiger partial charge >= 0.3 is 0 Å². The summed E-state index contributed by atoms with van der Waals surface area (Å²) in [5.74, 6) is 0. The normalized spacial score (nSPS) is 20.2. The molecule has 2 aromatic carbocycles. The Balaban J connectivity index is 1.55. The fourth-order valence-electron chi connectivity index (χ4n) is 2.40. The van der Waals surface area contributed by atoms with Crippen LogP contribution >= 0.6 is 0 Å². The van der Waals surface area contributed by atoms with E-state index in [1.165, 1.54) is 11.1 Å². The minimum absolute atomic E-state index is 0.0473. The van der Waals surface area contributed by atoms with Gasteiger partial charge in [-0.2, -0.15) is 0 Å². The zero-order valence-corrected chi connectivity index (χ0v) is 12.5. The Bertz CT molecular complexity index is 559. The van der Waals surface area contributed by atoms with E-state index in [1.54, 1.807) is 0 Å². The molecule has 0 saturated heterocycles. The van der Waals surface area contributed by atoms with Gasteiger partial charge in [0.1, 0.15) is 12.2 Å². The van der Waals surface area contributed by atoms with Crippen LogP contribution in [0.2, 0.25) is 0 Å². The second-order valence-corrected chi connectivity index (χ2v) is 5.29. The van der Waals surface area contributed by atoms with Gasteiger partial charge in [-0.3, -0.25) is 0 Å². The quantitative estimate of drug-likeness (QED) is 0.791. The molecule has 0 bridgehead atoms. The number of ether oxygens (including phenoxy) is 2. The predicted molar refractivity (Wildman–Crippen MR) is 88.3 cm³/mol. The van der Waals surface area contributed by atoms with Crippen molar-refractivity contribution in [2.45, 2.75) is 25.4 Å². The summed E-state index contributed by atoms with van der Waals surface area (Å²) >= 11 is 0. The Kier molecular flexibility index (Phi) is 5.19. The third kappa shape index (κ3) is 4.17. The molecule has 0 fully saturated rings. The smallest absolute Gasteiger partial charge is 0.106 e. The first kappa shape index (κ1) is 14.8. The minimum Gasteiger partial charge on any atom is -0.366 e. The molecule has 1 aliphatic rings. The third-order valence-corrected chi connectivity index (χ3v) is 3.61. The van der Waals surface area contributed by atoms with Gasteiger partial charge in [0.05, 0.1) is 13.2 Å². The second kappa shape index (κ2) is 7.74. The highest BCUT2D eigenvalue weighted by molar-refractivity contribution is 5.19. The van der Waals surface area contributed by atoms with Crippen molar-refractivity contribution in [1.29, 1.82) is 0 Å². The minimum atomic E-state index is -0.0473. The summed E-state index contributed by atoms with van der Waals surface area (Å²) < 4.78 is 12.0. The van der Waals surface area contributed by atoms with Crippen LogP contribution in [0.5, 0.6) is 0 Å². The summed E-state index contributed by atoms with van der Waals surface area (Å²) in [6.07, 6.45) is 8.04. The topological polar surface area (TPSA) is 18.5 Å². The standard InChI is InChI=1S/C20H20O2/c1-3-9-17(10-4-1)15-21-19-13-7-8-14-20(19)22-16-18-11-5-2-6-12-18/h1-14,19-20H,15-16H2/t19-,20-/m0/s1. The lowest BCUT2D eigenvalue weighted by atomic mass is 10.1. The van der Waals surface area contributed by atoms with Gasteiger partial charge in [0.15, 0.2) is 0 Å². The maximum atomic E-state index is 6.01. The van der Waals surface area contributed by atoms with Crippen LogP contribution in [0.3, 0.4) is 0 Å². The number of hydrogen-bond acceptors (Lipinski definition) is 2. The van der Waals surface area contributed by atoms with Crippen LogP contribution in [-0.4, -0.2) is 12.2 Å². The van der Waals surface area contributed by atoms with E-state index in [2.05, 4.69) is 36.4 Å². The van der Waals surface area contributed by atoms with Gasteiger partial charge in [-0.05, 0) is 11.1 Å². The van der Waals surface area contributed by atoms with Crippen molar-refractivity contribution < 1.29 is 9.47 Å². The summed E-state index contributed by atoms with van der Waals surface area (Å²) in [4.78, 5) is 0. The maximum absolute atomic E-state index is 6.01. The lowest BCUT2D eigenvalue weighted by molar-refractivity contribution is -0.0430. The Morgan fingerprint density at radius 1 is 0.591 bits per heavy atom. The molecule has 112 valence electrons. The van der Waals surface area contributed by atoms with E-state index in [9.17, 15) is 0 Å². The van der Waals surface area contributed by atoms with E-state index in [0.29, 0.717) is 13.2 Å². The van der Waals surface area contributed by atoms with Crippen LogP contribution in [-0.2, 0) is 22.7 Å². The van der Waals surface area contributed by atoms with Crippen LogP contribution in [0.4, 0.5) is 0 Å². The zero-order chi connectivity index (χ0) is 15.0. The van der Waals surface area contributed by atoms with Crippen molar-refractivity contribution in [3.63, 3.8) is 0 Å². The molecule has 2 atom stereocenters. The van der Waals surface area contributed by atoms with Crippen molar-refractivity contribution in [3.05, 3.63) is 96.1 Å². The molecule has 0 aliphatic heterocycles. The van der Waals surface area contributed by atoms with Crippen LogP contribution in [0, 0.1) is 0 Å². The summed E-state index contributed by atoms with van der Waals surface area (Å²) in [6.45, 7) is 1.18. The average molecular weight is 292 g/mol. The molecule has 0 saturated carbocycles. The fraction of sp³-hybridized carbons (Fsp3) is 0.200. The van der Waals surface area contributed by atoms with Crippen LogP contribution in [0.15, 0.2) is 85.0 Å². The second-order valence-electron chi connectivity index (χ2n) is 5.29. The van der Waals surface area contributed by atoms with Gasteiger partial charge in [-0.1, -0.05) is 85.0 Å². The zero-order valence-electron chi connectivity index (χ0n) is 12.5. The van der Waals surface area contributed by atoms with E-state index >= 15 is 0 Å². The maximum Gasteiger partial charge on any atom is 0.106 e. The molecule has 0 unspecified atom stereocenters. The van der Waals surface area contributed by atoms with Gasteiger partial charge in [0, 0.05) is 0 Å². The number of benzene rings is 2. The molecule has 2 aromatic rings. The SMILES string of the molecule is C1=C[C@H](OCc2ccccc2)[C@@H](OCc2ccccc2)C=C1. The molecule has 0 aromatic heterocycles. The molecule has 3 rings (SSSR count). The molecule has 0 N–H and O–H groups in total. The number of hydrogen-bond donors (Lipinski definition) is 0. The lowest BCUT2D eigenvalue weighted by Gasteiger charge is -2.25. The molecule has 0 spiro atoms. The Labute approximate surface area is 131 Å². The van der Waals surface area contributed by atoms with Gasteiger partial charge < -0.3 is 9.47 Å². The molecule has 22 heavy (non-hydrogen) atoms. The molecular formula is C20H20O2.